The number of nitrogens with one attached hydrogen (secondary N) is 4. The number of carbonyl (C=O) groups excluding carboxylic acids is 3. The van der Waals surface area contributed by atoms with E-state index in [1.54, 1.807) is 0 Å². The minimum absolute atomic E-state index is 0.0127. The third kappa shape index (κ3) is 35.5. The van der Waals surface area contributed by atoms with Gasteiger partial charge in [-0.25, -0.2) is 4.79 Å². The first kappa shape index (κ1) is 47.7. The molecule has 1 atom stereocenters. The van der Waals surface area contributed by atoms with E-state index >= 15 is 0 Å². The zero-order chi connectivity index (χ0) is 36.9. The monoisotopic (exact) mass is 717 g/mol. The molecule has 50 heavy (non-hydrogen) atoms. The molecule has 294 valence electrons. The quantitative estimate of drug-likeness (QED) is 0.0578. The van der Waals surface area contributed by atoms with E-state index in [4.69, 9.17) is 18.9 Å². The summed E-state index contributed by atoms with van der Waals surface area (Å²) in [6.07, 6.45) is 15.7. The maximum atomic E-state index is 12.3. The number of unbranched alkanes of at least 4 members (excludes halogenated alkanes) is 10. The smallest absolute Gasteiger partial charge is 0.326 e. The highest BCUT2D eigenvalue weighted by Crippen LogP contribution is 2.14. The zero-order valence-electron chi connectivity index (χ0n) is 31.7. The van der Waals surface area contributed by atoms with Gasteiger partial charge in [0.1, 0.15) is 12.6 Å². The molecular weight excluding hydrogens is 644 g/mol. The molecule has 0 aromatic carbocycles. The molecule has 0 saturated carbocycles. The molecule has 0 saturated heterocycles. The number of hydrogen-bond donors (Lipinski definition) is 5. The highest BCUT2D eigenvalue weighted by Gasteiger charge is 2.20. The van der Waals surface area contributed by atoms with Gasteiger partial charge in [0, 0.05) is 32.5 Å². The third-order valence-corrected chi connectivity index (χ3v) is 7.97. The predicted molar refractivity (Wildman–Crippen MR) is 196 cm³/mol. The number of rotatable bonds is 38. The fourth-order valence-corrected chi connectivity index (χ4v) is 4.99. The van der Waals surface area contributed by atoms with Crippen molar-refractivity contribution in [1.29, 1.82) is 0 Å². The maximum absolute atomic E-state index is 12.3. The van der Waals surface area contributed by atoms with Crippen LogP contribution in [0.1, 0.15) is 124 Å². The summed E-state index contributed by atoms with van der Waals surface area (Å²) >= 11 is 0. The molecule has 0 aromatic rings. The van der Waals surface area contributed by atoms with Crippen LogP contribution in [0.3, 0.4) is 0 Å². The number of carboxylic acid groups (broad SMARTS) is 1. The Balaban J connectivity index is 3.64. The van der Waals surface area contributed by atoms with Crippen LogP contribution in [-0.2, 0) is 38.1 Å². The summed E-state index contributed by atoms with van der Waals surface area (Å²) in [5.41, 5.74) is 0. The van der Waals surface area contributed by atoms with Crippen LogP contribution < -0.4 is 21.3 Å². The second-order valence-electron chi connectivity index (χ2n) is 13.2. The van der Waals surface area contributed by atoms with Crippen molar-refractivity contribution in [3.63, 3.8) is 0 Å². The molecule has 13 nitrogen and oxygen atoms in total. The van der Waals surface area contributed by atoms with Crippen LogP contribution in [0.2, 0.25) is 0 Å². The van der Waals surface area contributed by atoms with E-state index in [0.717, 1.165) is 38.3 Å². The van der Waals surface area contributed by atoms with E-state index in [0.29, 0.717) is 39.4 Å². The van der Waals surface area contributed by atoms with E-state index in [1.807, 2.05) is 0 Å². The van der Waals surface area contributed by atoms with Crippen molar-refractivity contribution in [2.24, 2.45) is 5.92 Å². The number of aliphatic carboxylic acids is 1. The van der Waals surface area contributed by atoms with Gasteiger partial charge in [0.2, 0.25) is 17.7 Å². The maximum Gasteiger partial charge on any atom is 0.326 e. The summed E-state index contributed by atoms with van der Waals surface area (Å²) in [6, 6.07) is -1.10. The van der Waals surface area contributed by atoms with Crippen molar-refractivity contribution < 1.29 is 43.2 Å². The molecule has 13 heteroatoms. The van der Waals surface area contributed by atoms with Gasteiger partial charge in [-0.1, -0.05) is 91.4 Å². The van der Waals surface area contributed by atoms with Gasteiger partial charge >= 0.3 is 5.97 Å². The molecule has 0 aliphatic carbocycles. The standard InChI is InChI=1S/C37H72N4O9/c1-4-5-20-38-21-24-47-27-28-48-26-23-40-36(44)31-50-30-29-49-25-22-39-34(42)19-18-33(37(45)46)41-35(43)17-15-13-11-9-7-6-8-10-12-14-16-32(2)3/h32-33,38H,4-31H2,1-3H3,(H,39,42)(H,40,44)(H,41,43)(H,45,46). The normalized spacial score (nSPS) is 11.8. The summed E-state index contributed by atoms with van der Waals surface area (Å²) in [5, 5.41) is 20.7. The first-order valence-corrected chi connectivity index (χ1v) is 19.3. The van der Waals surface area contributed by atoms with Gasteiger partial charge in [0.15, 0.2) is 0 Å². The van der Waals surface area contributed by atoms with E-state index in [9.17, 15) is 24.3 Å². The molecule has 0 fully saturated rings. The van der Waals surface area contributed by atoms with E-state index in [-0.39, 0.29) is 63.5 Å². The second kappa shape index (κ2) is 36.5. The number of carbonyl (C=O) groups is 4. The van der Waals surface area contributed by atoms with Gasteiger partial charge in [0.25, 0.3) is 0 Å². The minimum atomic E-state index is -1.15. The second-order valence-corrected chi connectivity index (χ2v) is 13.2. The predicted octanol–water partition coefficient (Wildman–Crippen LogP) is 4.36. The SMILES string of the molecule is CCCCNCCOCCOCCNC(=O)COCCOCCNC(=O)CCC(NC(=O)CCCCCCCCCCCCC(C)C)C(=O)O. The Morgan fingerprint density at radius 3 is 1.62 bits per heavy atom. The van der Waals surface area contributed by atoms with E-state index < -0.39 is 12.0 Å². The molecule has 5 N–H and O–H groups in total. The molecule has 0 aliphatic rings. The highest BCUT2D eigenvalue weighted by atomic mass is 16.5. The molecule has 0 heterocycles. The molecule has 0 bridgehead atoms. The molecule has 3 amide bonds. The molecule has 0 spiro atoms. The molecule has 1 unspecified atom stereocenters. The Labute approximate surface area is 302 Å². The largest absolute Gasteiger partial charge is 0.480 e. The first-order valence-electron chi connectivity index (χ1n) is 19.3. The van der Waals surface area contributed by atoms with Crippen LogP contribution in [0.15, 0.2) is 0 Å². The Morgan fingerprint density at radius 1 is 0.540 bits per heavy atom. The van der Waals surface area contributed by atoms with Gasteiger partial charge in [-0.05, 0) is 31.7 Å². The Hall–Kier alpha value is -2.32. The Morgan fingerprint density at radius 2 is 1.06 bits per heavy atom. The lowest BCUT2D eigenvalue weighted by Crippen LogP contribution is -2.41. The fraction of sp³-hybridized carbons (Fsp3) is 0.892. The summed E-state index contributed by atoms with van der Waals surface area (Å²) in [6.45, 7) is 11.8. The molecular formula is C37H72N4O9. The molecule has 0 rings (SSSR count). The van der Waals surface area contributed by atoms with Crippen molar-refractivity contribution in [1.82, 2.24) is 21.3 Å². The van der Waals surface area contributed by atoms with Crippen LogP contribution >= 0.6 is 0 Å². The number of hydrogen-bond acceptors (Lipinski definition) is 9. The van der Waals surface area contributed by atoms with Crippen molar-refractivity contribution in [2.45, 2.75) is 130 Å². The molecule has 0 radical (unpaired) electrons. The van der Waals surface area contributed by atoms with Crippen LogP contribution in [0.4, 0.5) is 0 Å². The van der Waals surface area contributed by atoms with Crippen molar-refractivity contribution in [3.8, 4) is 0 Å². The number of amides is 3. The average Bonchev–Trinajstić information content (AvgIpc) is 3.08. The highest BCUT2D eigenvalue weighted by molar-refractivity contribution is 5.84. The van der Waals surface area contributed by atoms with E-state index in [2.05, 4.69) is 42.0 Å². The van der Waals surface area contributed by atoms with Gasteiger partial charge in [-0.15, -0.1) is 0 Å². The number of carboxylic acids is 1. The number of ether oxygens (including phenoxy) is 4. The zero-order valence-corrected chi connectivity index (χ0v) is 31.7. The summed E-state index contributed by atoms with van der Waals surface area (Å²) in [4.78, 5) is 47.8. The van der Waals surface area contributed by atoms with Crippen LogP contribution in [0.5, 0.6) is 0 Å². The topological polar surface area (TPSA) is 174 Å². The minimum Gasteiger partial charge on any atom is -0.480 e. The summed E-state index contributed by atoms with van der Waals surface area (Å²) in [7, 11) is 0. The fourth-order valence-electron chi connectivity index (χ4n) is 4.99. The van der Waals surface area contributed by atoms with Crippen LogP contribution in [-0.4, -0.2) is 114 Å². The third-order valence-electron chi connectivity index (χ3n) is 7.97. The summed E-state index contributed by atoms with van der Waals surface area (Å²) < 4.78 is 21.6. The van der Waals surface area contributed by atoms with Crippen LogP contribution in [0.25, 0.3) is 0 Å². The van der Waals surface area contributed by atoms with Crippen LogP contribution in [0, 0.1) is 5.92 Å². The van der Waals surface area contributed by atoms with Gasteiger partial charge in [-0.3, -0.25) is 14.4 Å². The van der Waals surface area contributed by atoms with Gasteiger partial charge in [-0.2, -0.15) is 0 Å². The summed E-state index contributed by atoms with van der Waals surface area (Å²) in [5.74, 6) is -1.21. The van der Waals surface area contributed by atoms with E-state index in [1.165, 1.54) is 64.2 Å². The Bertz CT molecular complexity index is 833. The van der Waals surface area contributed by atoms with Gasteiger partial charge in [0.05, 0.1) is 46.2 Å². The lowest BCUT2D eigenvalue weighted by Gasteiger charge is -2.14. The first-order chi connectivity index (χ1) is 24.3. The van der Waals surface area contributed by atoms with Crippen molar-refractivity contribution >= 4 is 23.7 Å². The molecule has 0 aromatic heterocycles. The van der Waals surface area contributed by atoms with Crippen molar-refractivity contribution in [2.75, 3.05) is 79.0 Å². The van der Waals surface area contributed by atoms with Gasteiger partial charge < -0.3 is 45.3 Å². The average molecular weight is 717 g/mol. The lowest BCUT2D eigenvalue weighted by molar-refractivity contribution is -0.142. The lowest BCUT2D eigenvalue weighted by atomic mass is 10.0. The molecule has 0 aliphatic heterocycles. The van der Waals surface area contributed by atoms with Crippen molar-refractivity contribution in [3.05, 3.63) is 0 Å². The Kier molecular flexibility index (Phi) is 34.8.